The second-order valence-corrected chi connectivity index (χ2v) is 1.76. The van der Waals surface area contributed by atoms with Gasteiger partial charge in [-0.2, -0.15) is 5.26 Å². The van der Waals surface area contributed by atoms with Gasteiger partial charge in [-0.15, -0.1) is 0 Å². The fourth-order valence-corrected chi connectivity index (χ4v) is 0.435. The van der Waals surface area contributed by atoms with Gasteiger partial charge in [0.25, 0.3) is 0 Å². The van der Waals surface area contributed by atoms with Crippen LogP contribution in [-0.4, -0.2) is 12.6 Å². The van der Waals surface area contributed by atoms with Crippen LogP contribution in [0.5, 0.6) is 0 Å². The van der Waals surface area contributed by atoms with Crippen molar-refractivity contribution in [2.75, 3.05) is 6.61 Å². The van der Waals surface area contributed by atoms with Crippen molar-refractivity contribution < 1.29 is 9.53 Å². The Morgan fingerprint density at radius 1 is 1.67 bits per heavy atom. The zero-order valence-corrected chi connectivity index (χ0v) is 6.56. The van der Waals surface area contributed by atoms with E-state index in [0.717, 1.165) is 12.2 Å². The normalized spacial score (nSPS) is 9.92. The zero-order valence-electron chi connectivity index (χ0n) is 6.56. The van der Waals surface area contributed by atoms with Crippen LogP contribution >= 0.6 is 0 Å². The molecular formula is C9H9NO2. The van der Waals surface area contributed by atoms with Gasteiger partial charge in [0.15, 0.2) is 0 Å². The van der Waals surface area contributed by atoms with E-state index in [1.165, 1.54) is 0 Å². The molecule has 0 aromatic carbocycles. The third kappa shape index (κ3) is 6.30. The summed E-state index contributed by atoms with van der Waals surface area (Å²) in [5.74, 6) is -0.523. The van der Waals surface area contributed by atoms with E-state index in [1.54, 1.807) is 24.3 Å². The van der Waals surface area contributed by atoms with Crippen molar-refractivity contribution in [3.05, 3.63) is 37.0 Å². The molecule has 0 rings (SSSR count). The molecular weight excluding hydrogens is 154 g/mol. The topological polar surface area (TPSA) is 50.1 Å². The molecule has 0 aliphatic heterocycles. The van der Waals surface area contributed by atoms with Crippen molar-refractivity contribution in [1.82, 2.24) is 0 Å². The first-order valence-electron chi connectivity index (χ1n) is 3.31. The number of esters is 1. The van der Waals surface area contributed by atoms with Crippen LogP contribution in [0.3, 0.4) is 0 Å². The van der Waals surface area contributed by atoms with Crippen molar-refractivity contribution in [1.29, 1.82) is 5.26 Å². The summed E-state index contributed by atoms with van der Waals surface area (Å²) in [4.78, 5) is 10.6. The van der Waals surface area contributed by atoms with E-state index >= 15 is 0 Å². The minimum atomic E-state index is -0.523. The van der Waals surface area contributed by atoms with Crippen LogP contribution in [0.15, 0.2) is 37.0 Å². The summed E-state index contributed by atoms with van der Waals surface area (Å²) < 4.78 is 4.63. The lowest BCUT2D eigenvalue weighted by molar-refractivity contribution is -0.136. The number of allylic oxidation sites excluding steroid dienone is 3. The van der Waals surface area contributed by atoms with Gasteiger partial charge in [-0.25, -0.2) is 4.79 Å². The molecule has 0 aliphatic carbocycles. The third-order valence-corrected chi connectivity index (χ3v) is 0.888. The number of hydrogen-bond acceptors (Lipinski definition) is 3. The van der Waals surface area contributed by atoms with Gasteiger partial charge in [0.1, 0.15) is 6.61 Å². The van der Waals surface area contributed by atoms with Gasteiger partial charge in [-0.1, -0.05) is 18.7 Å². The lowest BCUT2D eigenvalue weighted by atomic mass is 10.5. The Bertz CT molecular complexity index is 246. The maximum atomic E-state index is 10.6. The van der Waals surface area contributed by atoms with E-state index in [0.29, 0.717) is 0 Å². The Balaban J connectivity index is 3.59. The summed E-state index contributed by atoms with van der Waals surface area (Å²) >= 11 is 0. The van der Waals surface area contributed by atoms with Gasteiger partial charge >= 0.3 is 5.97 Å². The minimum Gasteiger partial charge on any atom is -0.458 e. The summed E-state index contributed by atoms with van der Waals surface area (Å²) in [7, 11) is 0. The maximum absolute atomic E-state index is 10.6. The Morgan fingerprint density at radius 3 is 3.00 bits per heavy atom. The number of rotatable bonds is 4. The molecule has 0 amide bonds. The predicted octanol–water partition coefficient (Wildman–Crippen LogP) is 1.35. The van der Waals surface area contributed by atoms with E-state index in [9.17, 15) is 4.79 Å². The van der Waals surface area contributed by atoms with Crippen molar-refractivity contribution >= 4 is 5.97 Å². The monoisotopic (exact) mass is 163 g/mol. The second-order valence-electron chi connectivity index (χ2n) is 1.76. The Labute approximate surface area is 71.3 Å². The lowest BCUT2D eigenvalue weighted by Crippen LogP contribution is -1.99. The SMILES string of the molecule is C=C/C=C/COC(=O)/C=C\C#N. The standard InChI is InChI=1S/C9H9NO2/c1-2-3-4-8-12-9(11)6-5-7-10/h2-6H,1,8H2/b4-3+,6-5-. The highest BCUT2D eigenvalue weighted by molar-refractivity contribution is 5.82. The molecule has 0 radical (unpaired) electrons. The molecule has 0 saturated carbocycles. The Morgan fingerprint density at radius 2 is 2.42 bits per heavy atom. The molecule has 0 fully saturated rings. The summed E-state index contributed by atoms with van der Waals surface area (Å²) in [5.41, 5.74) is 0. The summed E-state index contributed by atoms with van der Waals surface area (Å²) in [6.07, 6.45) is 7.03. The van der Waals surface area contributed by atoms with Gasteiger partial charge in [-0.05, 0) is 6.08 Å². The molecule has 62 valence electrons. The average Bonchev–Trinajstić information content (AvgIpc) is 2.09. The van der Waals surface area contributed by atoms with Gasteiger partial charge < -0.3 is 4.74 Å². The van der Waals surface area contributed by atoms with E-state index in [4.69, 9.17) is 5.26 Å². The maximum Gasteiger partial charge on any atom is 0.331 e. The molecule has 12 heavy (non-hydrogen) atoms. The average molecular weight is 163 g/mol. The molecule has 0 bridgehead atoms. The van der Waals surface area contributed by atoms with Gasteiger partial charge in [0.05, 0.1) is 6.07 Å². The van der Waals surface area contributed by atoms with Crippen molar-refractivity contribution in [2.45, 2.75) is 0 Å². The van der Waals surface area contributed by atoms with Crippen LogP contribution in [0.2, 0.25) is 0 Å². The molecule has 0 heterocycles. The largest absolute Gasteiger partial charge is 0.458 e. The molecule has 0 spiro atoms. The first-order chi connectivity index (χ1) is 5.81. The summed E-state index contributed by atoms with van der Waals surface area (Å²) in [6.45, 7) is 3.64. The highest BCUT2D eigenvalue weighted by Gasteiger charge is 1.91. The second kappa shape index (κ2) is 7.29. The van der Waals surface area contributed by atoms with Crippen molar-refractivity contribution in [3.8, 4) is 6.07 Å². The van der Waals surface area contributed by atoms with Crippen LogP contribution in [0.25, 0.3) is 0 Å². The predicted molar refractivity (Wildman–Crippen MR) is 45.0 cm³/mol. The molecule has 3 heteroatoms. The number of carbonyl (C=O) groups excluding carboxylic acids is 1. The number of carbonyl (C=O) groups is 1. The minimum absolute atomic E-state index is 0.195. The molecule has 0 aromatic heterocycles. The Kier molecular flexibility index (Phi) is 6.18. The number of nitrogens with zero attached hydrogens (tertiary/aromatic N) is 1. The smallest absolute Gasteiger partial charge is 0.331 e. The van der Waals surface area contributed by atoms with E-state index in [2.05, 4.69) is 11.3 Å². The zero-order chi connectivity index (χ0) is 9.23. The van der Waals surface area contributed by atoms with Crippen LogP contribution in [-0.2, 0) is 9.53 Å². The summed E-state index contributed by atoms with van der Waals surface area (Å²) in [6, 6.07) is 1.68. The quantitative estimate of drug-likeness (QED) is 0.272. The third-order valence-electron chi connectivity index (χ3n) is 0.888. The molecule has 0 aromatic rings. The highest BCUT2D eigenvalue weighted by Crippen LogP contribution is 1.82. The molecule has 0 N–H and O–H groups in total. The molecule has 3 nitrogen and oxygen atoms in total. The Hall–Kier alpha value is -1.82. The van der Waals surface area contributed by atoms with Crippen LogP contribution in [0.1, 0.15) is 0 Å². The number of ether oxygens (including phenoxy) is 1. The first-order valence-corrected chi connectivity index (χ1v) is 3.31. The fourth-order valence-electron chi connectivity index (χ4n) is 0.435. The van der Waals surface area contributed by atoms with Gasteiger partial charge in [0, 0.05) is 12.2 Å². The van der Waals surface area contributed by atoms with Crippen molar-refractivity contribution in [3.63, 3.8) is 0 Å². The molecule has 0 aliphatic rings. The van der Waals surface area contributed by atoms with Crippen LogP contribution in [0, 0.1) is 11.3 Å². The van der Waals surface area contributed by atoms with E-state index in [-0.39, 0.29) is 6.61 Å². The van der Waals surface area contributed by atoms with E-state index in [1.807, 2.05) is 0 Å². The molecule has 0 unspecified atom stereocenters. The first kappa shape index (κ1) is 10.2. The van der Waals surface area contributed by atoms with Crippen LogP contribution in [0.4, 0.5) is 0 Å². The van der Waals surface area contributed by atoms with E-state index < -0.39 is 5.97 Å². The highest BCUT2D eigenvalue weighted by atomic mass is 16.5. The van der Waals surface area contributed by atoms with Gasteiger partial charge in [0.2, 0.25) is 0 Å². The van der Waals surface area contributed by atoms with Gasteiger partial charge in [-0.3, -0.25) is 0 Å². The van der Waals surface area contributed by atoms with Crippen molar-refractivity contribution in [2.24, 2.45) is 0 Å². The fraction of sp³-hybridized carbons (Fsp3) is 0.111. The molecule has 0 saturated heterocycles. The number of nitriles is 1. The summed E-state index contributed by atoms with van der Waals surface area (Å²) in [5, 5.41) is 8.05. The lowest BCUT2D eigenvalue weighted by Gasteiger charge is -1.93. The van der Waals surface area contributed by atoms with Crippen LogP contribution < -0.4 is 0 Å². The number of hydrogen-bond donors (Lipinski definition) is 0. The molecule has 0 atom stereocenters.